The fourth-order valence-corrected chi connectivity index (χ4v) is 4.68. The lowest BCUT2D eigenvalue weighted by Crippen LogP contribution is -2.42. The fourth-order valence-electron chi connectivity index (χ4n) is 2.72. The largest absolute Gasteiger partial charge is 0.492 e. The zero-order chi connectivity index (χ0) is 16.6. The van der Waals surface area contributed by atoms with E-state index in [0.717, 1.165) is 26.9 Å². The van der Waals surface area contributed by atoms with Crippen molar-refractivity contribution in [2.24, 2.45) is 0 Å². The second kappa shape index (κ2) is 6.26. The summed E-state index contributed by atoms with van der Waals surface area (Å²) in [4.78, 5) is 0.331. The molecule has 0 saturated heterocycles. The van der Waals surface area contributed by atoms with E-state index >= 15 is 0 Å². The molecule has 122 valence electrons. The average Bonchev–Trinajstić information content (AvgIpc) is 2.48. The quantitative estimate of drug-likeness (QED) is 0.866. The molecule has 0 spiro atoms. The van der Waals surface area contributed by atoms with Crippen molar-refractivity contribution < 1.29 is 13.2 Å². The minimum atomic E-state index is -3.57. The molecule has 0 bridgehead atoms. The van der Waals surface area contributed by atoms with Crippen LogP contribution in [0.4, 0.5) is 0 Å². The topological polar surface area (TPSA) is 55.4 Å². The maximum absolute atomic E-state index is 12.7. The van der Waals surface area contributed by atoms with Crippen molar-refractivity contribution in [2.45, 2.75) is 31.2 Å². The van der Waals surface area contributed by atoms with E-state index in [0.29, 0.717) is 17.9 Å². The second-order valence-electron chi connectivity index (χ2n) is 5.85. The van der Waals surface area contributed by atoms with Gasteiger partial charge in [0.2, 0.25) is 10.0 Å². The highest BCUT2D eigenvalue weighted by Crippen LogP contribution is 2.28. The molecule has 1 aliphatic rings. The van der Waals surface area contributed by atoms with Gasteiger partial charge in [0.15, 0.2) is 0 Å². The fraction of sp³-hybridized carbons (Fsp3) is 0.294. The molecule has 1 N–H and O–H groups in total. The summed E-state index contributed by atoms with van der Waals surface area (Å²) in [5.41, 5.74) is 2.66. The first-order valence-corrected chi connectivity index (χ1v) is 9.63. The van der Waals surface area contributed by atoms with Crippen LogP contribution in [0.25, 0.3) is 0 Å². The van der Waals surface area contributed by atoms with E-state index in [2.05, 4.69) is 20.7 Å². The smallest absolute Gasteiger partial charge is 0.241 e. The maximum atomic E-state index is 12.7. The highest BCUT2D eigenvalue weighted by atomic mass is 79.9. The van der Waals surface area contributed by atoms with Crippen LogP contribution in [0.2, 0.25) is 0 Å². The van der Waals surface area contributed by atoms with E-state index in [4.69, 9.17) is 4.74 Å². The van der Waals surface area contributed by atoms with Crippen molar-refractivity contribution in [3.63, 3.8) is 0 Å². The molecule has 23 heavy (non-hydrogen) atoms. The summed E-state index contributed by atoms with van der Waals surface area (Å²) in [6.07, 6.45) is 0.610. The minimum Gasteiger partial charge on any atom is -0.492 e. The Morgan fingerprint density at radius 3 is 2.74 bits per heavy atom. The number of rotatable bonds is 3. The number of nitrogens with one attached hydrogen (secondary N) is 1. The van der Waals surface area contributed by atoms with Crippen molar-refractivity contribution in [2.75, 3.05) is 6.61 Å². The number of ether oxygens (including phenoxy) is 1. The zero-order valence-electron chi connectivity index (χ0n) is 13.0. The Labute approximate surface area is 145 Å². The van der Waals surface area contributed by atoms with Gasteiger partial charge in [0.05, 0.1) is 10.9 Å². The van der Waals surface area contributed by atoms with Gasteiger partial charge in [-0.25, -0.2) is 13.1 Å². The summed E-state index contributed by atoms with van der Waals surface area (Å²) >= 11 is 3.43. The van der Waals surface area contributed by atoms with Gasteiger partial charge in [0.25, 0.3) is 0 Å². The van der Waals surface area contributed by atoms with Crippen LogP contribution in [0, 0.1) is 13.8 Å². The van der Waals surface area contributed by atoms with Gasteiger partial charge >= 0.3 is 0 Å². The van der Waals surface area contributed by atoms with Crippen LogP contribution in [-0.4, -0.2) is 21.1 Å². The molecule has 0 unspecified atom stereocenters. The molecule has 2 aromatic carbocycles. The molecule has 1 atom stereocenters. The lowest BCUT2D eigenvalue weighted by Gasteiger charge is -2.26. The van der Waals surface area contributed by atoms with Gasteiger partial charge in [-0.05, 0) is 61.2 Å². The zero-order valence-corrected chi connectivity index (χ0v) is 15.4. The Morgan fingerprint density at radius 2 is 1.96 bits per heavy atom. The summed E-state index contributed by atoms with van der Waals surface area (Å²) in [7, 11) is -3.57. The molecule has 0 aromatic heterocycles. The van der Waals surface area contributed by atoms with Crippen LogP contribution in [-0.2, 0) is 16.4 Å². The summed E-state index contributed by atoms with van der Waals surface area (Å²) in [5, 5.41) is 0. The van der Waals surface area contributed by atoms with Crippen molar-refractivity contribution >= 4 is 26.0 Å². The Bertz CT molecular complexity index is 849. The Hall–Kier alpha value is -1.37. The van der Waals surface area contributed by atoms with Gasteiger partial charge in [-0.3, -0.25) is 0 Å². The van der Waals surface area contributed by atoms with Crippen LogP contribution < -0.4 is 9.46 Å². The molecular formula is C17H18BrNO3S. The molecule has 2 aromatic rings. The van der Waals surface area contributed by atoms with Crippen LogP contribution in [0.3, 0.4) is 0 Å². The lowest BCUT2D eigenvalue weighted by molar-refractivity contribution is 0.254. The number of hydrogen-bond acceptors (Lipinski definition) is 3. The standard InChI is InChI=1S/C17H18BrNO3S/c1-11-3-4-12(2)17(7-11)23(20,21)19-15-9-13-8-14(18)5-6-16(13)22-10-15/h3-8,15,19H,9-10H2,1-2H3/t15-/m1/s1. The van der Waals surface area contributed by atoms with Gasteiger partial charge in [-0.15, -0.1) is 0 Å². The normalized spacial score (nSPS) is 17.4. The van der Waals surface area contributed by atoms with Crippen molar-refractivity contribution in [1.29, 1.82) is 0 Å². The Kier molecular flexibility index (Phi) is 4.49. The number of hydrogen-bond donors (Lipinski definition) is 1. The third kappa shape index (κ3) is 3.59. The maximum Gasteiger partial charge on any atom is 0.241 e. The van der Waals surface area contributed by atoms with E-state index in [1.807, 2.05) is 37.3 Å². The molecular weight excluding hydrogens is 378 g/mol. The SMILES string of the molecule is Cc1ccc(C)c(S(=O)(=O)N[C@H]2COc3ccc(Br)cc3C2)c1. The van der Waals surface area contributed by atoms with E-state index < -0.39 is 10.0 Å². The Balaban J connectivity index is 1.83. The first kappa shape index (κ1) is 16.5. The number of aryl methyl sites for hydroxylation is 2. The number of benzene rings is 2. The van der Waals surface area contributed by atoms with Crippen molar-refractivity contribution in [1.82, 2.24) is 4.72 Å². The molecule has 3 rings (SSSR count). The number of sulfonamides is 1. The van der Waals surface area contributed by atoms with E-state index in [1.165, 1.54) is 0 Å². The molecule has 0 fully saturated rings. The summed E-state index contributed by atoms with van der Waals surface area (Å²) < 4.78 is 34.8. The van der Waals surface area contributed by atoms with Crippen LogP contribution in [0.1, 0.15) is 16.7 Å². The van der Waals surface area contributed by atoms with Crippen LogP contribution in [0.5, 0.6) is 5.75 Å². The number of halogens is 1. The predicted molar refractivity (Wildman–Crippen MR) is 93.4 cm³/mol. The van der Waals surface area contributed by atoms with E-state index in [1.54, 1.807) is 13.0 Å². The summed E-state index contributed by atoms with van der Waals surface area (Å²) in [6, 6.07) is 10.9. The van der Waals surface area contributed by atoms with E-state index in [9.17, 15) is 8.42 Å². The molecule has 1 heterocycles. The molecule has 0 aliphatic carbocycles. The molecule has 0 radical (unpaired) electrons. The molecule has 6 heteroatoms. The van der Waals surface area contributed by atoms with Crippen molar-refractivity contribution in [3.8, 4) is 5.75 Å². The summed E-state index contributed by atoms with van der Waals surface area (Å²) in [6.45, 7) is 4.02. The molecule has 4 nitrogen and oxygen atoms in total. The van der Waals surface area contributed by atoms with Gasteiger partial charge in [0, 0.05) is 4.47 Å². The first-order chi connectivity index (χ1) is 10.8. The van der Waals surface area contributed by atoms with Gasteiger partial charge < -0.3 is 4.74 Å². The number of fused-ring (bicyclic) bond motifs is 1. The van der Waals surface area contributed by atoms with Crippen LogP contribution in [0.15, 0.2) is 45.8 Å². The molecule has 0 amide bonds. The lowest BCUT2D eigenvalue weighted by atomic mass is 10.0. The third-order valence-electron chi connectivity index (χ3n) is 3.88. The monoisotopic (exact) mass is 395 g/mol. The van der Waals surface area contributed by atoms with Gasteiger partial charge in [-0.2, -0.15) is 0 Å². The van der Waals surface area contributed by atoms with Gasteiger partial charge in [-0.1, -0.05) is 28.1 Å². The Morgan fingerprint density at radius 1 is 1.17 bits per heavy atom. The minimum absolute atomic E-state index is 0.276. The van der Waals surface area contributed by atoms with Crippen molar-refractivity contribution in [3.05, 3.63) is 57.6 Å². The highest BCUT2D eigenvalue weighted by molar-refractivity contribution is 9.10. The second-order valence-corrected chi connectivity index (χ2v) is 8.45. The highest BCUT2D eigenvalue weighted by Gasteiger charge is 2.26. The molecule has 0 saturated carbocycles. The molecule has 1 aliphatic heterocycles. The van der Waals surface area contributed by atoms with E-state index in [-0.39, 0.29) is 6.04 Å². The predicted octanol–water partition coefficient (Wildman–Crippen LogP) is 3.35. The van der Waals surface area contributed by atoms with Gasteiger partial charge in [0.1, 0.15) is 12.4 Å². The first-order valence-electron chi connectivity index (χ1n) is 7.36. The average molecular weight is 396 g/mol. The summed E-state index contributed by atoms with van der Waals surface area (Å²) in [5.74, 6) is 0.815. The van der Waals surface area contributed by atoms with Crippen LogP contribution >= 0.6 is 15.9 Å². The third-order valence-corrected chi connectivity index (χ3v) is 6.04.